The number of aromatic nitrogens is 5. The zero-order chi connectivity index (χ0) is 22.8. The Morgan fingerprint density at radius 1 is 1.28 bits per heavy atom. The van der Waals surface area contributed by atoms with Crippen molar-refractivity contribution in [2.24, 2.45) is 0 Å². The maximum absolute atomic E-state index is 9.67. The quantitative estimate of drug-likeness (QED) is 0.593. The highest BCUT2D eigenvalue weighted by Gasteiger charge is 2.32. The number of hydrogen-bond donors (Lipinski definition) is 1. The maximum Gasteiger partial charge on any atom is 0.257 e. The summed E-state index contributed by atoms with van der Waals surface area (Å²) in [4.78, 5) is 9.05. The van der Waals surface area contributed by atoms with E-state index in [4.69, 9.17) is 14.2 Å². The zero-order valence-corrected chi connectivity index (χ0v) is 18.3. The molecule has 3 atom stereocenters. The standard InChI is InChI=1S/C21H24N8O3/c1-12(2)32-20-16(9-28(27-20)13(3)6-22)25-21-24-8-14-5-15(7-23)29(19(14)26-21)17-10-31-11-18(17)30-4/h5,8-9,12-13,17-18H,10-11H2,1-4H3,(H,24,25,26)/t13-,17-,18+/m1/s1. The third-order valence-corrected chi connectivity index (χ3v) is 5.20. The normalized spacial score (nSPS) is 19.1. The van der Waals surface area contributed by atoms with E-state index in [9.17, 15) is 10.5 Å². The molecular weight excluding hydrogens is 412 g/mol. The van der Waals surface area contributed by atoms with E-state index in [0.29, 0.717) is 42.1 Å². The number of nitriles is 2. The Morgan fingerprint density at radius 2 is 2.09 bits per heavy atom. The van der Waals surface area contributed by atoms with Gasteiger partial charge in [0, 0.05) is 18.7 Å². The van der Waals surface area contributed by atoms with Crippen molar-refractivity contribution in [3.8, 4) is 18.0 Å². The average Bonchev–Trinajstić information content (AvgIpc) is 3.49. The van der Waals surface area contributed by atoms with Crippen molar-refractivity contribution in [2.75, 3.05) is 25.6 Å². The highest BCUT2D eigenvalue weighted by atomic mass is 16.5. The summed E-state index contributed by atoms with van der Waals surface area (Å²) in [5, 5.41) is 27.2. The van der Waals surface area contributed by atoms with Crippen LogP contribution in [0, 0.1) is 22.7 Å². The smallest absolute Gasteiger partial charge is 0.257 e. The Bertz CT molecular complexity index is 1200. The van der Waals surface area contributed by atoms with E-state index in [0.717, 1.165) is 5.39 Å². The third kappa shape index (κ3) is 3.96. The number of hydrogen-bond acceptors (Lipinski definition) is 9. The topological polar surface area (TPSA) is 136 Å². The minimum absolute atomic E-state index is 0.108. The fraction of sp³-hybridized carbons (Fsp3) is 0.476. The van der Waals surface area contributed by atoms with Crippen LogP contribution in [0.5, 0.6) is 5.88 Å². The van der Waals surface area contributed by atoms with Crippen LogP contribution in [0.25, 0.3) is 11.0 Å². The van der Waals surface area contributed by atoms with Gasteiger partial charge in [0.1, 0.15) is 35.2 Å². The molecule has 11 nitrogen and oxygen atoms in total. The fourth-order valence-corrected chi connectivity index (χ4v) is 3.63. The molecule has 0 radical (unpaired) electrons. The van der Waals surface area contributed by atoms with E-state index < -0.39 is 6.04 Å². The van der Waals surface area contributed by atoms with E-state index in [1.165, 1.54) is 4.68 Å². The lowest BCUT2D eigenvalue weighted by atomic mass is 10.2. The van der Waals surface area contributed by atoms with Crippen molar-refractivity contribution in [3.63, 3.8) is 0 Å². The lowest BCUT2D eigenvalue weighted by Crippen LogP contribution is -2.25. The van der Waals surface area contributed by atoms with Gasteiger partial charge < -0.3 is 24.1 Å². The Hall–Kier alpha value is -3.67. The van der Waals surface area contributed by atoms with E-state index in [1.54, 1.807) is 32.5 Å². The van der Waals surface area contributed by atoms with E-state index in [1.807, 2.05) is 18.4 Å². The zero-order valence-electron chi connectivity index (χ0n) is 18.3. The van der Waals surface area contributed by atoms with Crippen molar-refractivity contribution in [1.29, 1.82) is 10.5 Å². The Kier molecular flexibility index (Phi) is 5.95. The molecule has 11 heteroatoms. The first-order chi connectivity index (χ1) is 15.4. The van der Waals surface area contributed by atoms with Gasteiger partial charge in [-0.25, -0.2) is 9.67 Å². The molecule has 0 bridgehead atoms. The van der Waals surface area contributed by atoms with Gasteiger partial charge in [-0.3, -0.25) is 0 Å². The van der Waals surface area contributed by atoms with Crippen molar-refractivity contribution in [1.82, 2.24) is 24.3 Å². The number of rotatable bonds is 7. The molecule has 1 saturated heterocycles. The number of ether oxygens (including phenoxy) is 3. The fourth-order valence-electron chi connectivity index (χ4n) is 3.63. The minimum atomic E-state index is -0.466. The molecule has 1 aliphatic rings. The van der Waals surface area contributed by atoms with Gasteiger partial charge in [0.15, 0.2) is 0 Å². The SMILES string of the molecule is CO[C@H]1COC[C@H]1n1c(C#N)cc2cnc(Nc3cn([C@H](C)C#N)nc3OC(C)C)nc21. The minimum Gasteiger partial charge on any atom is -0.472 e. The number of nitrogens with one attached hydrogen (secondary N) is 1. The van der Waals surface area contributed by atoms with Crippen LogP contribution in [0.15, 0.2) is 18.5 Å². The molecular formula is C21H24N8O3. The van der Waals surface area contributed by atoms with Gasteiger partial charge >= 0.3 is 0 Å². The van der Waals surface area contributed by atoms with Gasteiger partial charge in [0.25, 0.3) is 5.88 Å². The van der Waals surface area contributed by atoms with Crippen LogP contribution >= 0.6 is 0 Å². The molecule has 0 aliphatic carbocycles. The van der Waals surface area contributed by atoms with Crippen LogP contribution in [0.1, 0.15) is 38.5 Å². The molecule has 3 aromatic rings. The van der Waals surface area contributed by atoms with Crippen LogP contribution in [-0.2, 0) is 9.47 Å². The average molecular weight is 436 g/mol. The molecule has 4 rings (SSSR count). The third-order valence-electron chi connectivity index (χ3n) is 5.20. The first-order valence-electron chi connectivity index (χ1n) is 10.3. The molecule has 0 unspecified atom stereocenters. The van der Waals surface area contributed by atoms with Gasteiger partial charge in [-0.2, -0.15) is 15.5 Å². The summed E-state index contributed by atoms with van der Waals surface area (Å²) in [6.45, 7) is 6.41. The first-order valence-corrected chi connectivity index (χ1v) is 10.3. The molecule has 0 spiro atoms. The largest absolute Gasteiger partial charge is 0.472 e. The Balaban J connectivity index is 1.74. The number of methoxy groups -OCH3 is 1. The van der Waals surface area contributed by atoms with Crippen LogP contribution in [0.4, 0.5) is 11.6 Å². The Morgan fingerprint density at radius 3 is 2.78 bits per heavy atom. The van der Waals surface area contributed by atoms with E-state index in [-0.39, 0.29) is 18.2 Å². The molecule has 4 heterocycles. The van der Waals surface area contributed by atoms with Crippen molar-refractivity contribution in [2.45, 2.75) is 45.1 Å². The highest BCUT2D eigenvalue weighted by molar-refractivity contribution is 5.79. The number of nitrogens with zero attached hydrogens (tertiary/aromatic N) is 7. The molecule has 32 heavy (non-hydrogen) atoms. The van der Waals surface area contributed by atoms with Gasteiger partial charge in [-0.1, -0.05) is 0 Å². The number of anilines is 2. The predicted octanol–water partition coefficient (Wildman–Crippen LogP) is 2.70. The van der Waals surface area contributed by atoms with E-state index >= 15 is 0 Å². The second-order valence-electron chi connectivity index (χ2n) is 7.79. The van der Waals surface area contributed by atoms with Crippen molar-refractivity contribution in [3.05, 3.63) is 24.2 Å². The summed E-state index contributed by atoms with van der Waals surface area (Å²) in [5.74, 6) is 0.662. The van der Waals surface area contributed by atoms with Crippen LogP contribution in [0.2, 0.25) is 0 Å². The maximum atomic E-state index is 9.67. The first kappa shape index (κ1) is 21.6. The van der Waals surface area contributed by atoms with Gasteiger partial charge in [-0.15, -0.1) is 5.10 Å². The molecule has 0 aromatic carbocycles. The summed E-state index contributed by atoms with van der Waals surface area (Å²) in [5.41, 5.74) is 1.60. The van der Waals surface area contributed by atoms with Crippen molar-refractivity contribution < 1.29 is 14.2 Å². The monoisotopic (exact) mass is 436 g/mol. The molecule has 0 saturated carbocycles. The van der Waals surface area contributed by atoms with Gasteiger partial charge in [0.2, 0.25) is 5.95 Å². The molecule has 3 aromatic heterocycles. The molecule has 166 valence electrons. The lowest BCUT2D eigenvalue weighted by Gasteiger charge is -2.19. The van der Waals surface area contributed by atoms with Gasteiger partial charge in [0.05, 0.1) is 37.6 Å². The summed E-state index contributed by atoms with van der Waals surface area (Å²) < 4.78 is 20.3. The van der Waals surface area contributed by atoms with Gasteiger partial charge in [-0.05, 0) is 26.8 Å². The Labute approximate surface area is 185 Å². The lowest BCUT2D eigenvalue weighted by molar-refractivity contribution is 0.0690. The summed E-state index contributed by atoms with van der Waals surface area (Å²) in [7, 11) is 1.63. The van der Waals surface area contributed by atoms with Crippen LogP contribution in [0.3, 0.4) is 0 Å². The second kappa shape index (κ2) is 8.83. The van der Waals surface area contributed by atoms with Crippen molar-refractivity contribution >= 4 is 22.7 Å². The summed E-state index contributed by atoms with van der Waals surface area (Å²) in [6.07, 6.45) is 3.06. The van der Waals surface area contributed by atoms with Crippen LogP contribution in [-0.4, -0.2) is 56.8 Å². The molecule has 1 N–H and O–H groups in total. The molecule has 1 aliphatic heterocycles. The predicted molar refractivity (Wildman–Crippen MR) is 114 cm³/mol. The highest BCUT2D eigenvalue weighted by Crippen LogP contribution is 2.31. The number of fused-ring (bicyclic) bond motifs is 1. The van der Waals surface area contributed by atoms with Crippen LogP contribution < -0.4 is 10.1 Å². The molecule has 1 fully saturated rings. The summed E-state index contributed by atoms with van der Waals surface area (Å²) >= 11 is 0. The summed E-state index contributed by atoms with van der Waals surface area (Å²) in [6, 6.07) is 5.49. The second-order valence-corrected chi connectivity index (χ2v) is 7.79. The molecule has 0 amide bonds. The van der Waals surface area contributed by atoms with E-state index in [2.05, 4.69) is 32.5 Å².